The minimum Gasteiger partial charge on any atom is -0.492 e. The van der Waals surface area contributed by atoms with Crippen molar-refractivity contribution in [3.8, 4) is 5.75 Å². The molecule has 1 atom stereocenters. The zero-order chi connectivity index (χ0) is 21.8. The van der Waals surface area contributed by atoms with Crippen molar-refractivity contribution in [2.24, 2.45) is 0 Å². The summed E-state index contributed by atoms with van der Waals surface area (Å²) in [6.45, 7) is 3.67. The first-order valence-corrected chi connectivity index (χ1v) is 11.7. The molecule has 0 bridgehead atoms. The van der Waals surface area contributed by atoms with Crippen molar-refractivity contribution >= 4 is 10.8 Å². The van der Waals surface area contributed by atoms with E-state index in [1.54, 1.807) is 6.20 Å². The van der Waals surface area contributed by atoms with Gasteiger partial charge in [0.2, 0.25) is 0 Å². The van der Waals surface area contributed by atoms with Crippen molar-refractivity contribution < 1.29 is 4.74 Å². The summed E-state index contributed by atoms with van der Waals surface area (Å²) < 4.78 is 7.84. The van der Waals surface area contributed by atoms with Gasteiger partial charge in [-0.05, 0) is 59.9 Å². The van der Waals surface area contributed by atoms with E-state index in [2.05, 4.69) is 84.1 Å². The van der Waals surface area contributed by atoms with E-state index < -0.39 is 0 Å². The average Bonchev–Trinajstić information content (AvgIpc) is 3.52. The van der Waals surface area contributed by atoms with Gasteiger partial charge in [0.05, 0.1) is 6.54 Å². The van der Waals surface area contributed by atoms with Crippen LogP contribution in [0.15, 0.2) is 85.2 Å². The molecule has 1 heterocycles. The SMILES string of the molecule is C[C@@H](NC1(c2ccc(OCCn3cccn3)cc2)CCCC1)c1cccc2ccccc12. The highest BCUT2D eigenvalue weighted by molar-refractivity contribution is 5.86. The Morgan fingerprint density at radius 2 is 1.75 bits per heavy atom. The fraction of sp³-hybridized carbons (Fsp3) is 0.321. The van der Waals surface area contributed by atoms with Gasteiger partial charge in [0.15, 0.2) is 0 Å². The number of hydrogen-bond acceptors (Lipinski definition) is 3. The molecule has 32 heavy (non-hydrogen) atoms. The van der Waals surface area contributed by atoms with Crippen LogP contribution < -0.4 is 10.1 Å². The summed E-state index contributed by atoms with van der Waals surface area (Å²) in [5.74, 6) is 0.913. The number of rotatable bonds is 8. The Bertz CT molecular complexity index is 1140. The van der Waals surface area contributed by atoms with E-state index in [0.717, 1.165) is 12.3 Å². The largest absolute Gasteiger partial charge is 0.492 e. The molecule has 4 heteroatoms. The summed E-state index contributed by atoms with van der Waals surface area (Å²) in [6, 6.07) is 26.2. The molecule has 4 aromatic rings. The molecular weight excluding hydrogens is 394 g/mol. The minimum atomic E-state index is 0.0178. The van der Waals surface area contributed by atoms with E-state index in [4.69, 9.17) is 4.74 Å². The molecule has 5 rings (SSSR count). The van der Waals surface area contributed by atoms with Crippen LogP contribution in [0.4, 0.5) is 0 Å². The third kappa shape index (κ3) is 4.28. The summed E-state index contributed by atoms with van der Waals surface area (Å²) in [5.41, 5.74) is 2.75. The summed E-state index contributed by atoms with van der Waals surface area (Å²) >= 11 is 0. The van der Waals surface area contributed by atoms with Crippen LogP contribution in [0, 0.1) is 0 Å². The molecule has 0 radical (unpaired) electrons. The number of hydrogen-bond donors (Lipinski definition) is 1. The molecule has 0 saturated heterocycles. The number of aromatic nitrogens is 2. The minimum absolute atomic E-state index is 0.0178. The maximum Gasteiger partial charge on any atom is 0.119 e. The first-order valence-electron chi connectivity index (χ1n) is 11.7. The van der Waals surface area contributed by atoms with E-state index in [-0.39, 0.29) is 11.6 Å². The van der Waals surface area contributed by atoms with Gasteiger partial charge in [-0.25, -0.2) is 0 Å². The van der Waals surface area contributed by atoms with Gasteiger partial charge in [0, 0.05) is 24.0 Å². The Morgan fingerprint density at radius 3 is 2.53 bits per heavy atom. The summed E-state index contributed by atoms with van der Waals surface area (Å²) in [7, 11) is 0. The lowest BCUT2D eigenvalue weighted by molar-refractivity contribution is 0.289. The second kappa shape index (κ2) is 9.17. The van der Waals surface area contributed by atoms with Gasteiger partial charge < -0.3 is 10.1 Å². The molecule has 3 aromatic carbocycles. The Morgan fingerprint density at radius 1 is 0.969 bits per heavy atom. The molecule has 164 valence electrons. The number of fused-ring (bicyclic) bond motifs is 1. The highest BCUT2D eigenvalue weighted by atomic mass is 16.5. The number of nitrogens with one attached hydrogen (secondary N) is 1. The van der Waals surface area contributed by atoms with Crippen LogP contribution in [0.2, 0.25) is 0 Å². The molecule has 0 aliphatic heterocycles. The lowest BCUT2D eigenvalue weighted by atomic mass is 9.86. The topological polar surface area (TPSA) is 39.1 Å². The molecule has 1 N–H and O–H groups in total. The zero-order valence-electron chi connectivity index (χ0n) is 18.7. The molecule has 1 aliphatic carbocycles. The van der Waals surface area contributed by atoms with E-state index in [1.165, 1.54) is 47.6 Å². The van der Waals surface area contributed by atoms with Crippen LogP contribution >= 0.6 is 0 Å². The van der Waals surface area contributed by atoms with Gasteiger partial charge in [-0.3, -0.25) is 4.68 Å². The van der Waals surface area contributed by atoms with Gasteiger partial charge in [-0.2, -0.15) is 5.10 Å². The van der Waals surface area contributed by atoms with Crippen molar-refractivity contribution in [1.29, 1.82) is 0 Å². The van der Waals surface area contributed by atoms with Crippen molar-refractivity contribution in [3.63, 3.8) is 0 Å². The molecule has 0 unspecified atom stereocenters. The molecule has 4 nitrogen and oxygen atoms in total. The highest BCUT2D eigenvalue weighted by Gasteiger charge is 2.36. The molecule has 1 aromatic heterocycles. The van der Waals surface area contributed by atoms with E-state index in [9.17, 15) is 0 Å². The van der Waals surface area contributed by atoms with Crippen molar-refractivity contribution in [2.75, 3.05) is 6.61 Å². The fourth-order valence-corrected chi connectivity index (χ4v) is 5.18. The van der Waals surface area contributed by atoms with E-state index >= 15 is 0 Å². The predicted molar refractivity (Wildman–Crippen MR) is 130 cm³/mol. The number of benzene rings is 3. The fourth-order valence-electron chi connectivity index (χ4n) is 5.18. The highest BCUT2D eigenvalue weighted by Crippen LogP contribution is 2.41. The van der Waals surface area contributed by atoms with Crippen molar-refractivity contribution in [3.05, 3.63) is 96.3 Å². The first kappa shape index (κ1) is 20.8. The first-order chi connectivity index (χ1) is 15.7. The Hall–Kier alpha value is -3.11. The van der Waals surface area contributed by atoms with Gasteiger partial charge in [0.1, 0.15) is 12.4 Å². The van der Waals surface area contributed by atoms with Gasteiger partial charge in [-0.1, -0.05) is 67.4 Å². The van der Waals surface area contributed by atoms with Crippen molar-refractivity contribution in [2.45, 2.75) is 50.7 Å². The zero-order valence-corrected chi connectivity index (χ0v) is 18.7. The third-order valence-corrected chi connectivity index (χ3v) is 6.79. The van der Waals surface area contributed by atoms with Crippen LogP contribution in [0.3, 0.4) is 0 Å². The Labute approximate surface area is 190 Å². The quantitative estimate of drug-likeness (QED) is 0.363. The summed E-state index contributed by atoms with van der Waals surface area (Å²) in [5, 5.41) is 10.9. The molecular formula is C28H31N3O. The summed E-state index contributed by atoms with van der Waals surface area (Å²) in [4.78, 5) is 0. The van der Waals surface area contributed by atoms with Gasteiger partial charge in [0.25, 0.3) is 0 Å². The Balaban J connectivity index is 1.32. The molecule has 0 spiro atoms. The van der Waals surface area contributed by atoms with E-state index in [1.807, 2.05) is 16.9 Å². The van der Waals surface area contributed by atoms with E-state index in [0.29, 0.717) is 6.61 Å². The standard InChI is InChI=1S/C28H31N3O/c1-22(26-11-6-9-23-8-2-3-10-27(23)26)30-28(16-4-5-17-28)24-12-14-25(15-13-24)32-21-20-31-19-7-18-29-31/h2-3,6-15,18-19,22,30H,4-5,16-17,20-21H2,1H3/t22-/m1/s1. The van der Waals surface area contributed by atoms with Crippen LogP contribution in [-0.4, -0.2) is 16.4 Å². The lowest BCUT2D eigenvalue weighted by Gasteiger charge is -2.35. The summed E-state index contributed by atoms with van der Waals surface area (Å²) in [6.07, 6.45) is 8.61. The second-order valence-corrected chi connectivity index (χ2v) is 8.87. The van der Waals surface area contributed by atoms with Crippen LogP contribution in [-0.2, 0) is 12.1 Å². The number of nitrogens with zero attached hydrogens (tertiary/aromatic N) is 2. The molecule has 0 amide bonds. The van der Waals surface area contributed by atoms with Crippen LogP contribution in [0.25, 0.3) is 10.8 Å². The van der Waals surface area contributed by atoms with Crippen LogP contribution in [0.5, 0.6) is 5.75 Å². The predicted octanol–water partition coefficient (Wildman–Crippen LogP) is 6.24. The van der Waals surface area contributed by atoms with Crippen LogP contribution in [0.1, 0.15) is 49.8 Å². The monoisotopic (exact) mass is 425 g/mol. The normalized spacial score (nSPS) is 16.3. The van der Waals surface area contributed by atoms with Gasteiger partial charge in [-0.15, -0.1) is 0 Å². The Kier molecular flexibility index (Phi) is 5.95. The second-order valence-electron chi connectivity index (χ2n) is 8.87. The number of ether oxygens (including phenoxy) is 1. The van der Waals surface area contributed by atoms with Crippen molar-refractivity contribution in [1.82, 2.24) is 15.1 Å². The maximum atomic E-state index is 5.95. The lowest BCUT2D eigenvalue weighted by Crippen LogP contribution is -2.41. The van der Waals surface area contributed by atoms with Gasteiger partial charge >= 0.3 is 0 Å². The molecule has 1 saturated carbocycles. The molecule has 1 fully saturated rings. The molecule has 1 aliphatic rings. The third-order valence-electron chi connectivity index (χ3n) is 6.79. The smallest absolute Gasteiger partial charge is 0.119 e. The maximum absolute atomic E-state index is 5.95. The average molecular weight is 426 g/mol.